The molecule has 0 bridgehead atoms. The molecule has 1 saturated carbocycles. The molecule has 1 aliphatic rings. The van der Waals surface area contributed by atoms with Crippen LogP contribution in [0.3, 0.4) is 0 Å². The van der Waals surface area contributed by atoms with E-state index in [1.807, 2.05) is 0 Å². The van der Waals surface area contributed by atoms with Gasteiger partial charge in [0.2, 0.25) is 6.39 Å². The summed E-state index contributed by atoms with van der Waals surface area (Å²) >= 11 is 0. The maximum Gasteiger partial charge on any atom is 0.213 e. The van der Waals surface area contributed by atoms with Gasteiger partial charge in [0.05, 0.1) is 5.41 Å². The molecular formula is C11H9FN2O. The molecule has 4 heteroatoms. The van der Waals surface area contributed by atoms with Crippen molar-refractivity contribution in [2.24, 2.45) is 0 Å². The summed E-state index contributed by atoms with van der Waals surface area (Å²) in [5, 5.41) is 3.87. The molecule has 15 heavy (non-hydrogen) atoms. The first kappa shape index (κ1) is 8.59. The summed E-state index contributed by atoms with van der Waals surface area (Å²) in [6.07, 6.45) is 3.33. The Hall–Kier alpha value is -1.71. The van der Waals surface area contributed by atoms with Gasteiger partial charge in [-0.3, -0.25) is 0 Å². The minimum absolute atomic E-state index is 0.124. The second-order valence-electron chi connectivity index (χ2n) is 3.84. The summed E-state index contributed by atoms with van der Waals surface area (Å²) in [6, 6.07) is 6.52. The van der Waals surface area contributed by atoms with Gasteiger partial charge in [-0.2, -0.15) is 4.98 Å². The van der Waals surface area contributed by atoms with E-state index in [0.717, 1.165) is 18.4 Å². The number of rotatable bonds is 2. The van der Waals surface area contributed by atoms with Gasteiger partial charge in [0.1, 0.15) is 5.82 Å². The van der Waals surface area contributed by atoms with Gasteiger partial charge in [0.25, 0.3) is 0 Å². The van der Waals surface area contributed by atoms with E-state index >= 15 is 0 Å². The number of aromatic nitrogens is 2. The van der Waals surface area contributed by atoms with E-state index in [9.17, 15) is 4.39 Å². The minimum atomic E-state index is -0.220. The molecule has 1 aromatic carbocycles. The van der Waals surface area contributed by atoms with Crippen LogP contribution in [0.25, 0.3) is 0 Å². The molecule has 1 fully saturated rings. The Morgan fingerprint density at radius 2 is 1.93 bits per heavy atom. The van der Waals surface area contributed by atoms with E-state index in [1.54, 1.807) is 12.1 Å². The Morgan fingerprint density at radius 1 is 1.20 bits per heavy atom. The molecule has 0 unspecified atom stereocenters. The number of hydrogen-bond acceptors (Lipinski definition) is 3. The second kappa shape index (κ2) is 2.89. The Balaban J connectivity index is 2.04. The van der Waals surface area contributed by atoms with Crippen LogP contribution in [-0.2, 0) is 5.41 Å². The van der Waals surface area contributed by atoms with Crippen LogP contribution in [0, 0.1) is 5.82 Å². The van der Waals surface area contributed by atoms with Gasteiger partial charge in [-0.25, -0.2) is 4.39 Å². The van der Waals surface area contributed by atoms with Gasteiger partial charge in [-0.15, -0.1) is 0 Å². The number of hydrogen-bond donors (Lipinski definition) is 0. The highest BCUT2D eigenvalue weighted by Gasteiger charge is 2.49. The van der Waals surface area contributed by atoms with Crippen LogP contribution < -0.4 is 0 Å². The van der Waals surface area contributed by atoms with Crippen LogP contribution in [-0.4, -0.2) is 10.1 Å². The number of benzene rings is 1. The fraction of sp³-hybridized carbons (Fsp3) is 0.273. The van der Waals surface area contributed by atoms with Crippen molar-refractivity contribution in [3.05, 3.63) is 47.9 Å². The quantitative estimate of drug-likeness (QED) is 0.753. The normalized spacial score (nSPS) is 17.7. The van der Waals surface area contributed by atoms with Crippen molar-refractivity contribution < 1.29 is 8.91 Å². The molecule has 0 atom stereocenters. The number of nitrogens with zero attached hydrogens (tertiary/aromatic N) is 2. The van der Waals surface area contributed by atoms with Gasteiger partial charge in [0.15, 0.2) is 5.82 Å². The molecule has 0 aliphatic heterocycles. The highest BCUT2D eigenvalue weighted by molar-refractivity contribution is 5.38. The van der Waals surface area contributed by atoms with Crippen LogP contribution in [0.4, 0.5) is 4.39 Å². The first-order valence-corrected chi connectivity index (χ1v) is 4.84. The van der Waals surface area contributed by atoms with E-state index in [1.165, 1.54) is 18.5 Å². The average molecular weight is 204 g/mol. The molecule has 3 rings (SSSR count). The Morgan fingerprint density at radius 3 is 2.47 bits per heavy atom. The van der Waals surface area contributed by atoms with Crippen molar-refractivity contribution in [1.29, 1.82) is 0 Å². The third-order valence-electron chi connectivity index (χ3n) is 2.94. The van der Waals surface area contributed by atoms with Gasteiger partial charge < -0.3 is 4.52 Å². The van der Waals surface area contributed by atoms with Crippen LogP contribution in [0.2, 0.25) is 0 Å². The SMILES string of the molecule is Fc1ccc(C2(c3ncon3)CC2)cc1. The summed E-state index contributed by atoms with van der Waals surface area (Å²) in [5.41, 5.74) is 0.936. The molecular weight excluding hydrogens is 195 g/mol. The Labute approximate surface area is 85.9 Å². The summed E-state index contributed by atoms with van der Waals surface area (Å²) in [5.74, 6) is 0.483. The van der Waals surface area contributed by atoms with Crippen LogP contribution in [0.15, 0.2) is 35.2 Å². The predicted octanol–water partition coefficient (Wildman–Crippen LogP) is 2.29. The lowest BCUT2D eigenvalue weighted by atomic mass is 9.95. The molecule has 0 spiro atoms. The first-order valence-electron chi connectivity index (χ1n) is 4.84. The van der Waals surface area contributed by atoms with Crippen molar-refractivity contribution in [1.82, 2.24) is 10.1 Å². The smallest absolute Gasteiger partial charge is 0.213 e. The average Bonchev–Trinajstić information content (AvgIpc) is 2.88. The lowest BCUT2D eigenvalue weighted by Gasteiger charge is -2.10. The third kappa shape index (κ3) is 1.25. The summed E-state index contributed by atoms with van der Waals surface area (Å²) in [6.45, 7) is 0. The zero-order valence-corrected chi connectivity index (χ0v) is 7.98. The largest absolute Gasteiger partial charge is 0.343 e. The highest BCUT2D eigenvalue weighted by atomic mass is 19.1. The summed E-state index contributed by atoms with van der Waals surface area (Å²) in [4.78, 5) is 4.08. The Bertz CT molecular complexity index is 460. The summed E-state index contributed by atoms with van der Waals surface area (Å²) in [7, 11) is 0. The highest BCUT2D eigenvalue weighted by Crippen LogP contribution is 2.51. The zero-order chi connectivity index (χ0) is 10.3. The predicted molar refractivity (Wildman–Crippen MR) is 50.7 cm³/mol. The van der Waals surface area contributed by atoms with Crippen molar-refractivity contribution in [3.63, 3.8) is 0 Å². The molecule has 1 aliphatic carbocycles. The van der Waals surface area contributed by atoms with Crippen molar-refractivity contribution in [2.75, 3.05) is 0 Å². The minimum Gasteiger partial charge on any atom is -0.343 e. The van der Waals surface area contributed by atoms with E-state index in [0.29, 0.717) is 5.82 Å². The molecule has 2 aromatic rings. The maximum atomic E-state index is 12.8. The van der Waals surface area contributed by atoms with E-state index < -0.39 is 0 Å². The topological polar surface area (TPSA) is 38.9 Å². The van der Waals surface area contributed by atoms with E-state index in [4.69, 9.17) is 4.52 Å². The Kier molecular flexibility index (Phi) is 1.65. The number of halogens is 1. The zero-order valence-electron chi connectivity index (χ0n) is 7.98. The maximum absolute atomic E-state index is 12.8. The lowest BCUT2D eigenvalue weighted by molar-refractivity contribution is 0.406. The fourth-order valence-corrected chi connectivity index (χ4v) is 1.92. The van der Waals surface area contributed by atoms with Crippen LogP contribution in [0.5, 0.6) is 0 Å². The van der Waals surface area contributed by atoms with Crippen LogP contribution >= 0.6 is 0 Å². The van der Waals surface area contributed by atoms with Crippen LogP contribution in [0.1, 0.15) is 24.2 Å². The molecule has 3 nitrogen and oxygen atoms in total. The fourth-order valence-electron chi connectivity index (χ4n) is 1.92. The van der Waals surface area contributed by atoms with E-state index in [2.05, 4.69) is 10.1 Å². The first-order chi connectivity index (χ1) is 7.31. The van der Waals surface area contributed by atoms with Gasteiger partial charge in [-0.05, 0) is 30.5 Å². The molecule has 76 valence electrons. The van der Waals surface area contributed by atoms with Gasteiger partial charge in [0, 0.05) is 0 Å². The monoisotopic (exact) mass is 204 g/mol. The molecule has 0 saturated heterocycles. The van der Waals surface area contributed by atoms with Crippen molar-refractivity contribution in [2.45, 2.75) is 18.3 Å². The van der Waals surface area contributed by atoms with Gasteiger partial charge >= 0.3 is 0 Å². The van der Waals surface area contributed by atoms with E-state index in [-0.39, 0.29) is 11.2 Å². The molecule has 1 aromatic heterocycles. The third-order valence-corrected chi connectivity index (χ3v) is 2.94. The van der Waals surface area contributed by atoms with Crippen molar-refractivity contribution in [3.8, 4) is 0 Å². The lowest BCUT2D eigenvalue weighted by Crippen LogP contribution is -2.10. The molecule has 0 N–H and O–H groups in total. The second-order valence-corrected chi connectivity index (χ2v) is 3.84. The molecule has 0 radical (unpaired) electrons. The summed E-state index contributed by atoms with van der Waals surface area (Å²) < 4.78 is 17.5. The molecule has 0 amide bonds. The molecule has 1 heterocycles. The van der Waals surface area contributed by atoms with Gasteiger partial charge in [-0.1, -0.05) is 17.3 Å². The van der Waals surface area contributed by atoms with Crippen molar-refractivity contribution >= 4 is 0 Å². The standard InChI is InChI=1S/C11H9FN2O/c12-9-3-1-8(2-4-9)11(5-6-11)10-13-7-15-14-10/h1-4,7H,5-6H2.